The lowest BCUT2D eigenvalue weighted by molar-refractivity contribution is 0.138. The number of rotatable bonds is 3. The van der Waals surface area contributed by atoms with E-state index in [4.69, 9.17) is 27.9 Å². The second kappa shape index (κ2) is 4.55. The largest absolute Gasteiger partial charge is 0.489 e. The summed E-state index contributed by atoms with van der Waals surface area (Å²) in [5, 5.41) is 11.1. The molecular formula is C8H7Cl2O2. The molecule has 0 amide bonds. The molecule has 0 heterocycles. The molecule has 0 N–H and O–H groups in total. The highest BCUT2D eigenvalue weighted by molar-refractivity contribution is 6.35. The lowest BCUT2D eigenvalue weighted by Crippen LogP contribution is -2.00. The van der Waals surface area contributed by atoms with E-state index in [1.807, 2.05) is 0 Å². The summed E-state index contributed by atoms with van der Waals surface area (Å²) in [4.78, 5) is 0. The van der Waals surface area contributed by atoms with Gasteiger partial charge in [0, 0.05) is 5.02 Å². The molecule has 1 rings (SSSR count). The Labute approximate surface area is 80.7 Å². The van der Waals surface area contributed by atoms with E-state index < -0.39 is 0 Å². The van der Waals surface area contributed by atoms with E-state index in [0.29, 0.717) is 15.8 Å². The summed E-state index contributed by atoms with van der Waals surface area (Å²) in [5.41, 5.74) is 0. The lowest BCUT2D eigenvalue weighted by Gasteiger charge is -2.05. The third-order valence-electron chi connectivity index (χ3n) is 1.23. The van der Waals surface area contributed by atoms with Gasteiger partial charge < -0.3 is 4.74 Å². The fraction of sp³-hybridized carbons (Fsp3) is 0.250. The standard InChI is InChI=1S/C8H7Cl2O2/c9-6-1-2-8(7(10)5-6)12-4-3-11/h1-2,5H,3-4H2. The molecule has 0 saturated carbocycles. The van der Waals surface area contributed by atoms with Crippen molar-refractivity contribution in [1.82, 2.24) is 0 Å². The van der Waals surface area contributed by atoms with Crippen LogP contribution in [0.1, 0.15) is 0 Å². The van der Waals surface area contributed by atoms with Crippen LogP contribution in [0.3, 0.4) is 0 Å². The van der Waals surface area contributed by atoms with Crippen molar-refractivity contribution in [2.45, 2.75) is 0 Å². The van der Waals surface area contributed by atoms with Crippen LogP contribution in [-0.4, -0.2) is 13.2 Å². The van der Waals surface area contributed by atoms with Crippen molar-refractivity contribution in [1.29, 1.82) is 0 Å². The first-order valence-corrected chi connectivity index (χ1v) is 4.15. The maximum Gasteiger partial charge on any atom is 0.138 e. The SMILES string of the molecule is [O]CCOc1ccc(Cl)cc1Cl. The van der Waals surface area contributed by atoms with Crippen LogP contribution >= 0.6 is 23.2 Å². The Balaban J connectivity index is 2.72. The van der Waals surface area contributed by atoms with Gasteiger partial charge in [-0.1, -0.05) is 23.2 Å². The van der Waals surface area contributed by atoms with Gasteiger partial charge in [0.1, 0.15) is 19.0 Å². The summed E-state index contributed by atoms with van der Waals surface area (Å²) in [6.07, 6.45) is 0. The molecule has 0 bridgehead atoms. The van der Waals surface area contributed by atoms with Crippen LogP contribution in [0.15, 0.2) is 18.2 Å². The molecule has 1 radical (unpaired) electrons. The molecule has 0 atom stereocenters. The fourth-order valence-electron chi connectivity index (χ4n) is 0.744. The number of halogens is 2. The Kier molecular flexibility index (Phi) is 3.66. The predicted molar refractivity (Wildman–Crippen MR) is 47.5 cm³/mol. The van der Waals surface area contributed by atoms with Gasteiger partial charge in [-0.05, 0) is 18.2 Å². The number of ether oxygens (including phenoxy) is 1. The molecule has 0 fully saturated rings. The third kappa shape index (κ3) is 2.55. The second-order valence-corrected chi connectivity index (χ2v) is 2.97. The van der Waals surface area contributed by atoms with E-state index in [-0.39, 0.29) is 13.2 Å². The third-order valence-corrected chi connectivity index (χ3v) is 1.77. The Hall–Kier alpha value is -0.440. The lowest BCUT2D eigenvalue weighted by atomic mass is 10.3. The van der Waals surface area contributed by atoms with Crippen molar-refractivity contribution < 1.29 is 9.84 Å². The minimum Gasteiger partial charge on any atom is -0.489 e. The first-order valence-electron chi connectivity index (χ1n) is 3.40. The van der Waals surface area contributed by atoms with Crippen molar-refractivity contribution in [2.75, 3.05) is 13.2 Å². The summed E-state index contributed by atoms with van der Waals surface area (Å²) in [5.74, 6) is 0.497. The van der Waals surface area contributed by atoms with Gasteiger partial charge in [-0.25, -0.2) is 5.11 Å². The first kappa shape index (κ1) is 9.65. The zero-order chi connectivity index (χ0) is 8.97. The summed E-state index contributed by atoms with van der Waals surface area (Å²) < 4.78 is 5.04. The van der Waals surface area contributed by atoms with Crippen LogP contribution in [-0.2, 0) is 5.11 Å². The zero-order valence-electron chi connectivity index (χ0n) is 6.22. The average Bonchev–Trinajstić information content (AvgIpc) is 2.03. The number of hydrogen-bond donors (Lipinski definition) is 0. The molecule has 12 heavy (non-hydrogen) atoms. The fourth-order valence-corrected chi connectivity index (χ4v) is 1.21. The summed E-state index contributed by atoms with van der Waals surface area (Å²) in [6.45, 7) is -0.152. The molecule has 0 aliphatic carbocycles. The number of benzene rings is 1. The van der Waals surface area contributed by atoms with E-state index >= 15 is 0 Å². The molecule has 0 unspecified atom stereocenters. The Morgan fingerprint density at radius 1 is 1.33 bits per heavy atom. The van der Waals surface area contributed by atoms with E-state index in [1.165, 1.54) is 0 Å². The van der Waals surface area contributed by atoms with Crippen LogP contribution < -0.4 is 4.74 Å². The Morgan fingerprint density at radius 3 is 2.67 bits per heavy atom. The van der Waals surface area contributed by atoms with Crippen LogP contribution in [0.2, 0.25) is 10.0 Å². The van der Waals surface area contributed by atoms with Gasteiger partial charge in [0.25, 0.3) is 0 Å². The van der Waals surface area contributed by atoms with Crippen LogP contribution in [0.4, 0.5) is 0 Å². The summed E-state index contributed by atoms with van der Waals surface area (Å²) in [7, 11) is 0. The minimum atomic E-state index is -0.279. The highest BCUT2D eigenvalue weighted by atomic mass is 35.5. The van der Waals surface area contributed by atoms with Gasteiger partial charge in [0.2, 0.25) is 0 Å². The molecule has 0 spiro atoms. The monoisotopic (exact) mass is 205 g/mol. The van der Waals surface area contributed by atoms with Gasteiger partial charge in [-0.15, -0.1) is 0 Å². The molecule has 0 aliphatic rings. The average molecular weight is 206 g/mol. The van der Waals surface area contributed by atoms with Gasteiger partial charge in [0.05, 0.1) is 5.02 Å². The van der Waals surface area contributed by atoms with E-state index in [2.05, 4.69) is 0 Å². The molecule has 2 nitrogen and oxygen atoms in total. The van der Waals surface area contributed by atoms with Crippen molar-refractivity contribution in [3.8, 4) is 5.75 Å². The maximum absolute atomic E-state index is 10.1. The highest BCUT2D eigenvalue weighted by Gasteiger charge is 2.00. The normalized spacial score (nSPS) is 9.92. The molecule has 4 heteroatoms. The van der Waals surface area contributed by atoms with Crippen molar-refractivity contribution in [3.63, 3.8) is 0 Å². The molecule has 1 aromatic rings. The first-order chi connectivity index (χ1) is 5.74. The second-order valence-electron chi connectivity index (χ2n) is 2.13. The van der Waals surface area contributed by atoms with Gasteiger partial charge >= 0.3 is 0 Å². The molecule has 65 valence electrons. The molecule has 0 saturated heterocycles. The highest BCUT2D eigenvalue weighted by Crippen LogP contribution is 2.27. The quantitative estimate of drug-likeness (QED) is 0.747. The Bertz CT molecular complexity index is 263. The number of hydrogen-bond acceptors (Lipinski definition) is 1. The smallest absolute Gasteiger partial charge is 0.138 e. The van der Waals surface area contributed by atoms with Crippen molar-refractivity contribution in [2.24, 2.45) is 0 Å². The molecule has 0 aliphatic heterocycles. The van der Waals surface area contributed by atoms with Crippen LogP contribution in [0, 0.1) is 0 Å². The maximum atomic E-state index is 10.1. The predicted octanol–water partition coefficient (Wildman–Crippen LogP) is 2.80. The van der Waals surface area contributed by atoms with Crippen molar-refractivity contribution >= 4 is 23.2 Å². The topological polar surface area (TPSA) is 29.1 Å². The van der Waals surface area contributed by atoms with Crippen LogP contribution in [0.25, 0.3) is 0 Å². The van der Waals surface area contributed by atoms with Gasteiger partial charge in [-0.2, -0.15) is 0 Å². The van der Waals surface area contributed by atoms with E-state index in [1.54, 1.807) is 18.2 Å². The Morgan fingerprint density at radius 2 is 2.08 bits per heavy atom. The summed E-state index contributed by atoms with van der Waals surface area (Å²) >= 11 is 11.4. The molecule has 0 aromatic heterocycles. The van der Waals surface area contributed by atoms with Crippen molar-refractivity contribution in [3.05, 3.63) is 28.2 Å². The minimum absolute atomic E-state index is 0.126. The summed E-state index contributed by atoms with van der Waals surface area (Å²) in [6, 6.07) is 4.87. The van der Waals surface area contributed by atoms with Crippen LogP contribution in [0.5, 0.6) is 5.75 Å². The zero-order valence-corrected chi connectivity index (χ0v) is 7.73. The molecule has 1 aromatic carbocycles. The van der Waals surface area contributed by atoms with E-state index in [0.717, 1.165) is 0 Å². The van der Waals surface area contributed by atoms with Gasteiger partial charge in [0.15, 0.2) is 0 Å². The van der Waals surface area contributed by atoms with E-state index in [9.17, 15) is 5.11 Å². The molecular weight excluding hydrogens is 199 g/mol. The van der Waals surface area contributed by atoms with Gasteiger partial charge in [-0.3, -0.25) is 0 Å².